The molecule has 0 unspecified atom stereocenters. The van der Waals surface area contributed by atoms with Crippen LogP contribution in [0.5, 0.6) is 17.6 Å². The van der Waals surface area contributed by atoms with E-state index < -0.39 is 9.85 Å². The van der Waals surface area contributed by atoms with E-state index in [1.165, 1.54) is 41.8 Å². The van der Waals surface area contributed by atoms with Gasteiger partial charge in [-0.05, 0) is 60.5 Å². The number of pyridine rings is 4. The third-order valence-electron chi connectivity index (χ3n) is 6.23. The van der Waals surface area contributed by atoms with Gasteiger partial charge in [0.2, 0.25) is 17.6 Å². The Balaban J connectivity index is 0.000000252. The molecule has 0 atom stereocenters. The van der Waals surface area contributed by atoms with E-state index in [4.69, 9.17) is 37.3 Å². The smallest absolute Gasteiger partial charge is 0.287 e. The molecule has 0 saturated carbocycles. The van der Waals surface area contributed by atoms with Crippen LogP contribution < -0.4 is 25.7 Å². The van der Waals surface area contributed by atoms with Crippen molar-refractivity contribution in [2.75, 3.05) is 93.2 Å². The number of hydrogen-bond acceptors (Lipinski definition) is 18. The van der Waals surface area contributed by atoms with Gasteiger partial charge in [0.1, 0.15) is 47.7 Å². The molecule has 0 aliphatic heterocycles. The predicted molar refractivity (Wildman–Crippen MR) is 209 cm³/mol. The van der Waals surface area contributed by atoms with Gasteiger partial charge < -0.3 is 40.4 Å². The first kappa shape index (κ1) is 44.6. The lowest BCUT2D eigenvalue weighted by Gasteiger charge is -2.09. The van der Waals surface area contributed by atoms with Gasteiger partial charge in [0, 0.05) is 50.0 Å². The first-order chi connectivity index (χ1) is 25.6. The third-order valence-corrected chi connectivity index (χ3v) is 7.24. The standard InChI is InChI=1S/C10H14N4OS.C9H13N3O3.C9H15N3O.C5H3ClN2O2/c1-14(2)5-6-15-8-4-3-7-9(13-8)16-10(11)12-7;1-11(2)5-6-15-9-4-3-8(7-10-9)12(13)14;1-12(2)5-6-13-9-4-3-8(10)7-11-9;6-5-2-1-4(3-7-5)8(9)10/h3-4H,5-6H2,1-2H3,(H2,11,12);3-4,7H,5-6H2,1-2H3;3-4,7H,5-6,10H2,1-2H3;1-3H. The van der Waals surface area contributed by atoms with Crippen LogP contribution in [-0.2, 0) is 0 Å². The minimum absolute atomic E-state index is 0.0324. The topological polar surface area (TPSA) is 240 Å². The Morgan fingerprint density at radius 2 is 1.11 bits per heavy atom. The lowest BCUT2D eigenvalue weighted by molar-refractivity contribution is -0.385. The highest BCUT2D eigenvalue weighted by molar-refractivity contribution is 7.21. The molecular formula is C33H45ClN12O7S. The summed E-state index contributed by atoms with van der Waals surface area (Å²) in [6.45, 7) is 4.30. The quantitative estimate of drug-likeness (QED) is 0.0900. The Kier molecular flexibility index (Phi) is 19.8. The maximum Gasteiger partial charge on any atom is 0.287 e. The highest BCUT2D eigenvalue weighted by Gasteiger charge is 2.06. The van der Waals surface area contributed by atoms with Gasteiger partial charge in [-0.25, -0.2) is 24.9 Å². The molecule has 0 amide bonds. The summed E-state index contributed by atoms with van der Waals surface area (Å²) in [5.74, 6) is 1.65. The fourth-order valence-corrected chi connectivity index (χ4v) is 4.22. The van der Waals surface area contributed by atoms with Crippen molar-refractivity contribution in [2.45, 2.75) is 0 Å². The molecule has 0 aliphatic rings. The van der Waals surface area contributed by atoms with Crippen molar-refractivity contribution in [1.29, 1.82) is 0 Å². The Bertz CT molecular complexity index is 1830. The van der Waals surface area contributed by atoms with Crippen LogP contribution in [0, 0.1) is 20.2 Å². The molecule has 0 radical (unpaired) electrons. The van der Waals surface area contributed by atoms with Crippen LogP contribution in [0.1, 0.15) is 0 Å². The van der Waals surface area contributed by atoms with Crippen molar-refractivity contribution >= 4 is 55.5 Å². The number of ether oxygens (including phenoxy) is 3. The van der Waals surface area contributed by atoms with Gasteiger partial charge in [0.05, 0.1) is 21.7 Å². The molecule has 0 fully saturated rings. The van der Waals surface area contributed by atoms with Crippen LogP contribution in [0.2, 0.25) is 5.15 Å². The molecule has 4 N–H and O–H groups in total. The Morgan fingerprint density at radius 1 is 0.648 bits per heavy atom. The second-order valence-electron chi connectivity index (χ2n) is 11.6. The number of fused-ring (bicyclic) bond motifs is 1. The number of hydrogen-bond donors (Lipinski definition) is 2. The number of thiazole rings is 1. The van der Waals surface area contributed by atoms with Crippen LogP contribution in [0.3, 0.4) is 0 Å². The summed E-state index contributed by atoms with van der Waals surface area (Å²) in [4.78, 5) is 46.1. The molecule has 0 saturated heterocycles. The largest absolute Gasteiger partial charge is 0.476 e. The Morgan fingerprint density at radius 3 is 1.54 bits per heavy atom. The maximum absolute atomic E-state index is 10.3. The molecule has 0 aromatic carbocycles. The Labute approximate surface area is 321 Å². The number of nitrogens with two attached hydrogens (primary N) is 2. The van der Waals surface area contributed by atoms with Gasteiger partial charge in [-0.2, -0.15) is 0 Å². The molecule has 5 aromatic heterocycles. The van der Waals surface area contributed by atoms with Gasteiger partial charge in [-0.15, -0.1) is 0 Å². The normalized spacial score (nSPS) is 10.4. The molecule has 5 rings (SSSR count). The summed E-state index contributed by atoms with van der Waals surface area (Å²) in [7, 11) is 11.9. The summed E-state index contributed by atoms with van der Waals surface area (Å²) < 4.78 is 16.2. The molecular weight excluding hydrogens is 744 g/mol. The van der Waals surface area contributed by atoms with Crippen LogP contribution in [0.4, 0.5) is 22.2 Å². The summed E-state index contributed by atoms with van der Waals surface area (Å²) >= 11 is 6.75. The zero-order chi connectivity index (χ0) is 40.0. The minimum Gasteiger partial charge on any atom is -0.476 e. The number of nitrogens with zero attached hydrogens (tertiary/aromatic N) is 10. The maximum atomic E-state index is 10.3. The molecule has 5 aromatic rings. The van der Waals surface area contributed by atoms with Gasteiger partial charge in [-0.3, -0.25) is 20.2 Å². The van der Waals surface area contributed by atoms with Gasteiger partial charge in [0.25, 0.3) is 11.4 Å². The van der Waals surface area contributed by atoms with E-state index in [1.54, 1.807) is 18.3 Å². The van der Waals surface area contributed by atoms with E-state index in [0.29, 0.717) is 48.3 Å². The summed E-state index contributed by atoms with van der Waals surface area (Å²) in [5, 5.41) is 21.2. The molecule has 0 bridgehead atoms. The van der Waals surface area contributed by atoms with Crippen molar-refractivity contribution < 1.29 is 24.1 Å². The minimum atomic E-state index is -0.524. The van der Waals surface area contributed by atoms with Crippen molar-refractivity contribution in [1.82, 2.24) is 39.6 Å². The van der Waals surface area contributed by atoms with E-state index in [1.807, 2.05) is 59.3 Å². The monoisotopic (exact) mass is 788 g/mol. The zero-order valence-corrected chi connectivity index (χ0v) is 32.4. The zero-order valence-electron chi connectivity index (χ0n) is 30.9. The predicted octanol–water partition coefficient (Wildman–Crippen LogP) is 4.39. The second-order valence-corrected chi connectivity index (χ2v) is 13.0. The Hall–Kier alpha value is -5.54. The molecule has 54 heavy (non-hydrogen) atoms. The molecule has 0 spiro atoms. The van der Waals surface area contributed by atoms with Crippen LogP contribution in [0.25, 0.3) is 10.3 Å². The number of likely N-dealkylation sites (N-methyl/N-ethyl adjacent to an activating group) is 3. The van der Waals surface area contributed by atoms with E-state index in [0.717, 1.165) is 36.2 Å². The number of anilines is 2. The van der Waals surface area contributed by atoms with E-state index in [2.05, 4.69) is 34.7 Å². The fraction of sp³-hybridized carbons (Fsp3) is 0.364. The average Bonchev–Trinajstić information content (AvgIpc) is 3.49. The van der Waals surface area contributed by atoms with Crippen molar-refractivity contribution in [3.63, 3.8) is 0 Å². The van der Waals surface area contributed by atoms with E-state index in [-0.39, 0.29) is 16.5 Å². The van der Waals surface area contributed by atoms with Crippen molar-refractivity contribution in [3.05, 3.63) is 92.5 Å². The van der Waals surface area contributed by atoms with Crippen LogP contribution in [0.15, 0.2) is 67.1 Å². The molecule has 0 aliphatic carbocycles. The van der Waals surface area contributed by atoms with Gasteiger partial charge in [-0.1, -0.05) is 22.9 Å². The SMILES string of the molecule is CN(C)CCOc1ccc(N)cn1.CN(C)CCOc1ccc([N+](=O)[O-])cn1.CN(C)CCOc1ccc2nc(N)sc2n1.O=[N+]([O-])c1ccc(Cl)nc1. The van der Waals surface area contributed by atoms with Crippen LogP contribution >= 0.6 is 22.9 Å². The number of halogens is 1. The number of aromatic nitrogens is 5. The first-order valence-electron chi connectivity index (χ1n) is 16.1. The molecule has 5 heterocycles. The lowest BCUT2D eigenvalue weighted by Crippen LogP contribution is -2.19. The summed E-state index contributed by atoms with van der Waals surface area (Å²) in [5.41, 5.74) is 12.5. The third kappa shape index (κ3) is 18.8. The number of nitro groups is 2. The number of rotatable bonds is 14. The first-order valence-corrected chi connectivity index (χ1v) is 17.3. The lowest BCUT2D eigenvalue weighted by atomic mass is 10.4. The summed E-state index contributed by atoms with van der Waals surface area (Å²) in [6.07, 6.45) is 3.89. The second kappa shape index (κ2) is 23.9. The highest BCUT2D eigenvalue weighted by Crippen LogP contribution is 2.24. The molecule has 21 heteroatoms. The average molecular weight is 789 g/mol. The van der Waals surface area contributed by atoms with E-state index >= 15 is 0 Å². The van der Waals surface area contributed by atoms with Gasteiger partial charge in [0.15, 0.2) is 5.13 Å². The molecule has 19 nitrogen and oxygen atoms in total. The summed E-state index contributed by atoms with van der Waals surface area (Å²) in [6, 6.07) is 12.8. The van der Waals surface area contributed by atoms with Crippen molar-refractivity contribution in [3.8, 4) is 17.6 Å². The fourth-order valence-electron chi connectivity index (χ4n) is 3.41. The van der Waals surface area contributed by atoms with Crippen molar-refractivity contribution in [2.24, 2.45) is 0 Å². The van der Waals surface area contributed by atoms with Crippen LogP contribution in [-0.4, -0.2) is 131 Å². The highest BCUT2D eigenvalue weighted by atomic mass is 35.5. The van der Waals surface area contributed by atoms with E-state index in [9.17, 15) is 20.2 Å². The molecule has 292 valence electrons. The van der Waals surface area contributed by atoms with Gasteiger partial charge >= 0.3 is 0 Å². The number of nitrogen functional groups attached to an aromatic ring is 2.